The maximum absolute atomic E-state index is 12.5. The number of thioether (sulfide) groups is 1. The number of rotatable bonds is 6. The number of benzene rings is 1. The van der Waals surface area contributed by atoms with E-state index >= 15 is 0 Å². The second-order valence-electron chi connectivity index (χ2n) is 6.35. The van der Waals surface area contributed by atoms with Crippen LogP contribution in [-0.2, 0) is 17.8 Å². The smallest absolute Gasteiger partial charge is 0.234 e. The van der Waals surface area contributed by atoms with Crippen molar-refractivity contribution in [3.05, 3.63) is 41.3 Å². The van der Waals surface area contributed by atoms with E-state index in [0.717, 1.165) is 46.7 Å². The molecule has 3 aromatic rings. The minimum atomic E-state index is -0.0305. The summed E-state index contributed by atoms with van der Waals surface area (Å²) in [6, 6.07) is 10.1. The van der Waals surface area contributed by atoms with E-state index in [9.17, 15) is 4.79 Å². The minimum Gasteiger partial charge on any atom is -0.372 e. The quantitative estimate of drug-likeness (QED) is 0.640. The number of likely N-dealkylation sites (N-methyl/N-ethyl adjacent to an activating group) is 1. The first kappa shape index (κ1) is 18.1. The van der Waals surface area contributed by atoms with Gasteiger partial charge in [0.15, 0.2) is 11.0 Å². The molecule has 1 aliphatic heterocycles. The average molecular weight is 400 g/mol. The molecule has 0 saturated heterocycles. The topological polar surface area (TPSA) is 63.1 Å². The number of amides is 1. The van der Waals surface area contributed by atoms with Crippen molar-refractivity contribution in [2.24, 2.45) is 0 Å². The molecule has 8 heteroatoms. The molecule has 1 amide bonds. The lowest BCUT2D eigenvalue weighted by atomic mass is 10.1. The van der Waals surface area contributed by atoms with Gasteiger partial charge in [-0.3, -0.25) is 4.79 Å². The number of fused-ring (bicyclic) bond motifs is 1. The largest absolute Gasteiger partial charge is 0.372 e. The fourth-order valence-electron chi connectivity index (χ4n) is 3.33. The zero-order chi connectivity index (χ0) is 18.8. The van der Waals surface area contributed by atoms with Gasteiger partial charge in [0.2, 0.25) is 5.91 Å². The number of hydrogen-bond acceptors (Lipinski definition) is 6. The number of nitrogens with zero attached hydrogens (tertiary/aromatic N) is 4. The van der Waals surface area contributed by atoms with Gasteiger partial charge < -0.3 is 14.8 Å². The molecule has 0 fully saturated rings. The Bertz CT molecular complexity index is 951. The van der Waals surface area contributed by atoms with Gasteiger partial charge in [-0.1, -0.05) is 30.0 Å². The number of hydrogen-bond donors (Lipinski definition) is 1. The van der Waals surface area contributed by atoms with E-state index in [4.69, 9.17) is 0 Å². The Morgan fingerprint density at radius 2 is 2.19 bits per heavy atom. The van der Waals surface area contributed by atoms with Gasteiger partial charge in [-0.05, 0) is 36.4 Å². The van der Waals surface area contributed by atoms with Crippen LogP contribution in [0.3, 0.4) is 0 Å². The number of nitrogens with one attached hydrogen (secondary N) is 1. The second-order valence-corrected chi connectivity index (χ2v) is 8.24. The van der Waals surface area contributed by atoms with Crippen LogP contribution < -0.4 is 10.2 Å². The predicted octanol–water partition coefficient (Wildman–Crippen LogP) is 3.75. The van der Waals surface area contributed by atoms with Crippen LogP contribution in [0.2, 0.25) is 0 Å². The highest BCUT2D eigenvalue weighted by Gasteiger charge is 2.20. The molecule has 0 atom stereocenters. The molecule has 0 radical (unpaired) electrons. The van der Waals surface area contributed by atoms with Crippen LogP contribution in [0.4, 0.5) is 11.4 Å². The van der Waals surface area contributed by atoms with Crippen molar-refractivity contribution in [3.8, 4) is 10.7 Å². The number of aromatic nitrogens is 3. The third kappa shape index (κ3) is 3.59. The summed E-state index contributed by atoms with van der Waals surface area (Å²) in [6.07, 6.45) is 1.02. The van der Waals surface area contributed by atoms with Gasteiger partial charge in [-0.25, -0.2) is 0 Å². The molecule has 1 aromatic carbocycles. The van der Waals surface area contributed by atoms with Crippen molar-refractivity contribution < 1.29 is 4.79 Å². The predicted molar refractivity (Wildman–Crippen MR) is 112 cm³/mol. The molecule has 2 aromatic heterocycles. The SMILES string of the molecule is CCn1c(SCC(=O)Nc2cccc3c2N(C)CC3)nnc1-c1cccs1. The van der Waals surface area contributed by atoms with E-state index in [1.54, 1.807) is 11.3 Å². The van der Waals surface area contributed by atoms with Crippen LogP contribution in [0.1, 0.15) is 12.5 Å². The lowest BCUT2D eigenvalue weighted by Gasteiger charge is -2.17. The molecule has 0 aliphatic carbocycles. The number of anilines is 2. The zero-order valence-electron chi connectivity index (χ0n) is 15.3. The van der Waals surface area contributed by atoms with Gasteiger partial charge in [-0.2, -0.15) is 0 Å². The molecule has 0 spiro atoms. The highest BCUT2D eigenvalue weighted by molar-refractivity contribution is 7.99. The molecule has 4 rings (SSSR count). The van der Waals surface area contributed by atoms with Crippen molar-refractivity contribution >= 4 is 40.4 Å². The van der Waals surface area contributed by atoms with Crippen LogP contribution in [0.5, 0.6) is 0 Å². The molecule has 6 nitrogen and oxygen atoms in total. The number of thiophene rings is 1. The number of carbonyl (C=O) groups excluding carboxylic acids is 1. The van der Waals surface area contributed by atoms with E-state index in [2.05, 4.69) is 45.0 Å². The monoisotopic (exact) mass is 399 g/mol. The van der Waals surface area contributed by atoms with Gasteiger partial charge in [0.25, 0.3) is 0 Å². The Hall–Kier alpha value is -2.32. The zero-order valence-corrected chi connectivity index (χ0v) is 16.9. The summed E-state index contributed by atoms with van der Waals surface area (Å²) in [6.45, 7) is 3.82. The van der Waals surface area contributed by atoms with E-state index in [1.807, 2.05) is 29.6 Å². The molecule has 140 valence electrons. The van der Waals surface area contributed by atoms with Crippen molar-refractivity contribution in [1.82, 2.24) is 14.8 Å². The lowest BCUT2D eigenvalue weighted by molar-refractivity contribution is -0.113. The first-order valence-corrected chi connectivity index (χ1v) is 10.8. The highest BCUT2D eigenvalue weighted by Crippen LogP contribution is 2.34. The van der Waals surface area contributed by atoms with Crippen LogP contribution in [-0.4, -0.2) is 40.0 Å². The normalized spacial score (nSPS) is 13.0. The number of carbonyl (C=O) groups is 1. The summed E-state index contributed by atoms with van der Waals surface area (Å²) in [5.74, 6) is 1.13. The van der Waals surface area contributed by atoms with Gasteiger partial charge in [0.1, 0.15) is 0 Å². The van der Waals surface area contributed by atoms with Crippen molar-refractivity contribution in [1.29, 1.82) is 0 Å². The van der Waals surface area contributed by atoms with Gasteiger partial charge >= 0.3 is 0 Å². The van der Waals surface area contributed by atoms with Crippen LogP contribution in [0, 0.1) is 0 Å². The van der Waals surface area contributed by atoms with Crippen molar-refractivity contribution in [3.63, 3.8) is 0 Å². The molecule has 0 bridgehead atoms. The van der Waals surface area contributed by atoms with E-state index in [1.165, 1.54) is 17.3 Å². The summed E-state index contributed by atoms with van der Waals surface area (Å²) in [7, 11) is 2.06. The fourth-order valence-corrected chi connectivity index (χ4v) is 4.85. The minimum absolute atomic E-state index is 0.0305. The Morgan fingerprint density at radius 3 is 2.96 bits per heavy atom. The van der Waals surface area contributed by atoms with Gasteiger partial charge in [0, 0.05) is 20.1 Å². The Labute approximate surface area is 166 Å². The Morgan fingerprint density at radius 1 is 1.30 bits per heavy atom. The van der Waals surface area contributed by atoms with Gasteiger partial charge in [0.05, 0.1) is 22.0 Å². The highest BCUT2D eigenvalue weighted by atomic mass is 32.2. The van der Waals surface area contributed by atoms with E-state index in [0.29, 0.717) is 5.75 Å². The van der Waals surface area contributed by atoms with Crippen LogP contribution >= 0.6 is 23.1 Å². The third-order valence-corrected chi connectivity index (χ3v) is 6.43. The standard InChI is InChI=1S/C19H21N5OS2/c1-3-24-18(15-8-5-11-26-15)21-22-19(24)27-12-16(25)20-14-7-4-6-13-9-10-23(2)17(13)14/h4-8,11H,3,9-10,12H2,1-2H3,(H,20,25). The maximum Gasteiger partial charge on any atom is 0.234 e. The van der Waals surface area contributed by atoms with Crippen molar-refractivity contribution in [2.75, 3.05) is 29.6 Å². The molecule has 0 saturated carbocycles. The average Bonchev–Trinajstić information content (AvgIpc) is 3.40. The summed E-state index contributed by atoms with van der Waals surface area (Å²) < 4.78 is 2.05. The molecular formula is C19H21N5OS2. The Kier molecular flexibility index (Phi) is 5.18. The Balaban J connectivity index is 1.44. The fraction of sp³-hybridized carbons (Fsp3) is 0.316. The molecule has 27 heavy (non-hydrogen) atoms. The summed E-state index contributed by atoms with van der Waals surface area (Å²) in [5, 5.41) is 14.5. The van der Waals surface area contributed by atoms with Gasteiger partial charge in [-0.15, -0.1) is 21.5 Å². The third-order valence-electron chi connectivity index (χ3n) is 4.60. The van der Waals surface area contributed by atoms with E-state index in [-0.39, 0.29) is 5.91 Å². The molecular weight excluding hydrogens is 378 g/mol. The summed E-state index contributed by atoms with van der Waals surface area (Å²) >= 11 is 3.06. The van der Waals surface area contributed by atoms with E-state index < -0.39 is 0 Å². The van der Waals surface area contributed by atoms with Crippen LogP contribution in [0.25, 0.3) is 10.7 Å². The first-order chi connectivity index (χ1) is 13.2. The maximum atomic E-state index is 12.5. The molecule has 0 unspecified atom stereocenters. The second kappa shape index (κ2) is 7.74. The molecule has 1 N–H and O–H groups in total. The van der Waals surface area contributed by atoms with Crippen LogP contribution in [0.15, 0.2) is 40.9 Å². The molecule has 3 heterocycles. The van der Waals surface area contributed by atoms with Crippen molar-refractivity contribution in [2.45, 2.75) is 25.0 Å². The summed E-state index contributed by atoms with van der Waals surface area (Å²) in [5.41, 5.74) is 3.30. The summed E-state index contributed by atoms with van der Waals surface area (Å²) in [4.78, 5) is 15.8. The number of para-hydroxylation sites is 1. The first-order valence-electron chi connectivity index (χ1n) is 8.90. The lowest BCUT2D eigenvalue weighted by Crippen LogP contribution is -2.19. The molecule has 1 aliphatic rings.